The minimum absolute atomic E-state index is 0.0637. The van der Waals surface area contributed by atoms with Crippen LogP contribution in [0.1, 0.15) is 84.6 Å². The first-order valence-corrected chi connectivity index (χ1v) is 13.5. The summed E-state index contributed by atoms with van der Waals surface area (Å²) in [4.78, 5) is 18.6. The number of carbonyl (C=O) groups excluding carboxylic acids is 1. The fourth-order valence-electron chi connectivity index (χ4n) is 5.18. The van der Waals surface area contributed by atoms with E-state index in [4.69, 9.17) is 0 Å². The molecule has 1 aromatic carbocycles. The fraction of sp³-hybridized carbons (Fsp3) is 0.531. The van der Waals surface area contributed by atoms with Gasteiger partial charge in [0, 0.05) is 18.3 Å². The second-order valence-electron chi connectivity index (χ2n) is 11.1. The van der Waals surface area contributed by atoms with Crippen LogP contribution in [0.4, 0.5) is 5.69 Å². The topological polar surface area (TPSA) is 23.6 Å². The molecule has 0 bridgehead atoms. The van der Waals surface area contributed by atoms with Gasteiger partial charge in [0.1, 0.15) is 0 Å². The summed E-state index contributed by atoms with van der Waals surface area (Å²) in [5.74, 6) is 0.667. The van der Waals surface area contributed by atoms with Crippen LogP contribution in [0.3, 0.4) is 0 Å². The molecule has 3 heteroatoms. The van der Waals surface area contributed by atoms with Crippen LogP contribution in [-0.4, -0.2) is 37.5 Å². The Morgan fingerprint density at radius 1 is 1.11 bits per heavy atom. The van der Waals surface area contributed by atoms with Crippen molar-refractivity contribution >= 4 is 11.6 Å². The Morgan fingerprint density at radius 3 is 2.40 bits per heavy atom. The average molecular weight is 475 g/mol. The van der Waals surface area contributed by atoms with Crippen molar-refractivity contribution in [2.24, 2.45) is 5.92 Å². The van der Waals surface area contributed by atoms with Crippen LogP contribution in [0.5, 0.6) is 0 Å². The molecule has 2 aliphatic rings. The molecule has 0 aliphatic heterocycles. The summed E-state index contributed by atoms with van der Waals surface area (Å²) in [5.41, 5.74) is 7.55. The van der Waals surface area contributed by atoms with Gasteiger partial charge in [-0.3, -0.25) is 4.79 Å². The molecule has 0 saturated heterocycles. The van der Waals surface area contributed by atoms with Gasteiger partial charge in [0.05, 0.1) is 5.92 Å². The van der Waals surface area contributed by atoms with Crippen LogP contribution < -0.4 is 4.90 Å². The molecule has 2 aliphatic carbocycles. The van der Waals surface area contributed by atoms with Gasteiger partial charge in [0.25, 0.3) is 0 Å². The van der Waals surface area contributed by atoms with Crippen LogP contribution in [0.2, 0.25) is 0 Å². The predicted molar refractivity (Wildman–Crippen MR) is 151 cm³/mol. The molecule has 2 atom stereocenters. The first kappa shape index (κ1) is 27.2. The van der Waals surface area contributed by atoms with E-state index in [0.29, 0.717) is 18.5 Å². The first-order valence-electron chi connectivity index (χ1n) is 13.5. The van der Waals surface area contributed by atoms with Crippen LogP contribution in [-0.2, 0) is 4.79 Å². The lowest BCUT2D eigenvalue weighted by Crippen LogP contribution is -2.38. The van der Waals surface area contributed by atoms with Crippen molar-refractivity contribution in [1.29, 1.82) is 0 Å². The zero-order valence-electron chi connectivity index (χ0n) is 23.1. The van der Waals surface area contributed by atoms with E-state index in [1.807, 2.05) is 0 Å². The van der Waals surface area contributed by atoms with Crippen molar-refractivity contribution in [3.8, 4) is 0 Å². The van der Waals surface area contributed by atoms with Crippen LogP contribution in [0.25, 0.3) is 0 Å². The lowest BCUT2D eigenvalue weighted by atomic mass is 9.89. The fourth-order valence-corrected chi connectivity index (χ4v) is 5.18. The van der Waals surface area contributed by atoms with E-state index in [1.165, 1.54) is 34.3 Å². The number of carbonyl (C=O) groups is 1. The molecule has 3 nitrogen and oxygen atoms in total. The number of anilines is 1. The third-order valence-electron chi connectivity index (χ3n) is 7.48. The Labute approximate surface area is 214 Å². The Hall–Kier alpha value is -2.39. The monoisotopic (exact) mass is 474 g/mol. The number of likely N-dealkylation sites (N-methyl/N-ethyl adjacent to an activating group) is 1. The summed E-state index contributed by atoms with van der Waals surface area (Å²) >= 11 is 0. The van der Waals surface area contributed by atoms with Gasteiger partial charge in [-0.2, -0.15) is 0 Å². The molecule has 3 rings (SSSR count). The van der Waals surface area contributed by atoms with Gasteiger partial charge in [0.2, 0.25) is 5.91 Å². The highest BCUT2D eigenvalue weighted by atomic mass is 16.2. The highest BCUT2D eigenvalue weighted by molar-refractivity contribution is 5.97. The molecule has 0 aromatic heterocycles. The third kappa shape index (κ3) is 7.30. The molecule has 35 heavy (non-hydrogen) atoms. The Morgan fingerprint density at radius 2 is 1.83 bits per heavy atom. The number of nitrogens with zero attached hydrogens (tertiary/aromatic N) is 2. The van der Waals surface area contributed by atoms with Gasteiger partial charge in [-0.15, -0.1) is 0 Å². The normalized spacial score (nSPS) is 20.7. The van der Waals surface area contributed by atoms with E-state index >= 15 is 0 Å². The highest BCUT2D eigenvalue weighted by Crippen LogP contribution is 2.34. The summed E-state index contributed by atoms with van der Waals surface area (Å²) in [7, 11) is 4.25. The van der Waals surface area contributed by atoms with Gasteiger partial charge in [-0.1, -0.05) is 73.4 Å². The second-order valence-corrected chi connectivity index (χ2v) is 11.1. The largest absolute Gasteiger partial charge is 0.312 e. The first-order chi connectivity index (χ1) is 16.7. The van der Waals surface area contributed by atoms with E-state index in [9.17, 15) is 4.79 Å². The Balaban J connectivity index is 1.90. The zero-order valence-corrected chi connectivity index (χ0v) is 23.1. The van der Waals surface area contributed by atoms with Crippen LogP contribution >= 0.6 is 0 Å². The smallest absolute Gasteiger partial charge is 0.234 e. The van der Waals surface area contributed by atoms with Crippen molar-refractivity contribution in [2.45, 2.75) is 85.1 Å². The van der Waals surface area contributed by atoms with Crippen LogP contribution in [0.15, 0.2) is 70.9 Å². The summed E-state index contributed by atoms with van der Waals surface area (Å²) < 4.78 is 0. The maximum absolute atomic E-state index is 14.2. The van der Waals surface area contributed by atoms with E-state index in [0.717, 1.165) is 37.8 Å². The summed E-state index contributed by atoms with van der Waals surface area (Å²) in [6.45, 7) is 11.6. The molecule has 190 valence electrons. The molecule has 0 heterocycles. The van der Waals surface area contributed by atoms with Crippen molar-refractivity contribution in [2.75, 3.05) is 25.5 Å². The molecular formula is C32H46N2O. The van der Waals surface area contributed by atoms with Gasteiger partial charge >= 0.3 is 0 Å². The van der Waals surface area contributed by atoms with E-state index in [2.05, 4.69) is 107 Å². The molecule has 1 amide bonds. The van der Waals surface area contributed by atoms with Gasteiger partial charge in [-0.25, -0.2) is 0 Å². The van der Waals surface area contributed by atoms with Crippen molar-refractivity contribution < 1.29 is 4.79 Å². The number of rotatable bonds is 8. The van der Waals surface area contributed by atoms with Crippen molar-refractivity contribution in [3.05, 3.63) is 76.4 Å². The Bertz CT molecular complexity index is 987. The standard InChI is InChI=1S/C32H46N2O/c1-23(2)22-31-25(5)10-8-9-11-30(31)32(35)34(29-18-14-27(15-19-29)24(3)4)21-20-26-12-16-28(17-13-26)33(6)7/h12-16,18-19,22,24,28,30H,8-11,17,20-21H2,1-7H3. The molecule has 0 N–H and O–H groups in total. The number of hydrogen-bond donors (Lipinski definition) is 0. The number of benzene rings is 1. The minimum Gasteiger partial charge on any atom is -0.312 e. The quantitative estimate of drug-likeness (QED) is 0.383. The van der Waals surface area contributed by atoms with Crippen molar-refractivity contribution in [1.82, 2.24) is 4.90 Å². The molecule has 0 fully saturated rings. The van der Waals surface area contributed by atoms with Gasteiger partial charge < -0.3 is 9.80 Å². The molecule has 0 radical (unpaired) electrons. The van der Waals surface area contributed by atoms with E-state index in [-0.39, 0.29) is 11.8 Å². The molecular weight excluding hydrogens is 428 g/mol. The summed E-state index contributed by atoms with van der Waals surface area (Å²) in [5, 5.41) is 0. The van der Waals surface area contributed by atoms with E-state index in [1.54, 1.807) is 0 Å². The molecule has 0 saturated carbocycles. The van der Waals surface area contributed by atoms with Crippen LogP contribution in [0, 0.1) is 5.92 Å². The number of hydrogen-bond acceptors (Lipinski definition) is 2. The minimum atomic E-state index is -0.0637. The molecule has 0 spiro atoms. The Kier molecular flexibility index (Phi) is 9.74. The summed E-state index contributed by atoms with van der Waals surface area (Å²) in [6, 6.07) is 9.13. The summed E-state index contributed by atoms with van der Waals surface area (Å²) in [6.07, 6.45) is 15.4. The molecule has 1 aromatic rings. The third-order valence-corrected chi connectivity index (χ3v) is 7.48. The van der Waals surface area contributed by atoms with E-state index < -0.39 is 0 Å². The maximum atomic E-state index is 14.2. The lowest BCUT2D eigenvalue weighted by molar-refractivity contribution is -0.121. The predicted octanol–water partition coefficient (Wildman–Crippen LogP) is 7.82. The SMILES string of the molecule is CC(C)=CC1=C(C)CCCCC1C(=O)N(CCC1=CCC(N(C)C)C=C1)c1ccc(C(C)C)cc1. The number of allylic oxidation sites excluding steroid dienone is 4. The van der Waals surface area contributed by atoms with Gasteiger partial charge in [-0.05, 0) is 96.2 Å². The zero-order chi connectivity index (χ0) is 25.5. The van der Waals surface area contributed by atoms with Crippen molar-refractivity contribution in [3.63, 3.8) is 0 Å². The number of amides is 1. The second kappa shape index (κ2) is 12.5. The van der Waals surface area contributed by atoms with Gasteiger partial charge in [0.15, 0.2) is 0 Å². The molecule has 2 unspecified atom stereocenters. The average Bonchev–Trinajstić information content (AvgIpc) is 3.00. The lowest BCUT2D eigenvalue weighted by Gasteiger charge is -2.30. The maximum Gasteiger partial charge on any atom is 0.234 e. The highest BCUT2D eigenvalue weighted by Gasteiger charge is 2.30.